The van der Waals surface area contributed by atoms with E-state index in [4.69, 9.17) is 11.3 Å². The number of rotatable bonds is 3. The first-order valence-corrected chi connectivity index (χ1v) is 2.35. The monoisotopic (exact) mass is 129 g/mol. The molecule has 5 heteroatoms. The second-order valence-electron chi connectivity index (χ2n) is 1.20. The van der Waals surface area contributed by atoms with E-state index in [1.165, 1.54) is 0 Å². The smallest absolute Gasteiger partial charge is 0.413 e. The highest BCUT2D eigenvalue weighted by Gasteiger charge is 1.99. The van der Waals surface area contributed by atoms with Crippen molar-refractivity contribution in [2.45, 2.75) is 0 Å². The van der Waals surface area contributed by atoms with E-state index in [1.54, 1.807) is 0 Å². The van der Waals surface area contributed by atoms with Crippen LogP contribution in [0.2, 0.25) is 0 Å². The van der Waals surface area contributed by atoms with Crippen LogP contribution in [0.5, 0.6) is 0 Å². The van der Waals surface area contributed by atoms with E-state index in [1.807, 2.05) is 0 Å². The highest BCUT2D eigenvalue weighted by molar-refractivity contribution is 6.20. The Hall–Kier alpha value is -1.19. The zero-order valence-electron chi connectivity index (χ0n) is 4.78. The average molecular weight is 129 g/mol. The molecule has 0 rings (SSSR count). The van der Waals surface area contributed by atoms with Crippen molar-refractivity contribution in [2.75, 3.05) is 13.2 Å². The van der Waals surface area contributed by atoms with Crippen molar-refractivity contribution >= 4 is 12.2 Å². The molecule has 0 aromatic heterocycles. The molecule has 0 radical (unpaired) electrons. The van der Waals surface area contributed by atoms with Crippen LogP contribution in [0.1, 0.15) is 0 Å². The van der Waals surface area contributed by atoms with E-state index >= 15 is 0 Å². The number of carbonyl (C=O) groups is 1. The normalized spacial score (nSPS) is 7.67. The van der Waals surface area contributed by atoms with E-state index in [-0.39, 0.29) is 13.2 Å². The lowest BCUT2D eigenvalue weighted by molar-refractivity contribution is -0.138. The Morgan fingerprint density at radius 2 is 2.56 bits per heavy atom. The molecule has 5 nitrogen and oxygen atoms in total. The molecule has 0 heterocycles. The highest BCUT2D eigenvalue weighted by atomic mass is 16.5. The van der Waals surface area contributed by atoms with Gasteiger partial charge in [-0.1, -0.05) is 0 Å². The van der Waals surface area contributed by atoms with Crippen molar-refractivity contribution in [3.8, 4) is 0 Å². The van der Waals surface area contributed by atoms with Gasteiger partial charge in [0.2, 0.25) is 0 Å². The topological polar surface area (TPSA) is 88.7 Å². The molecule has 0 saturated heterocycles. The third kappa shape index (κ3) is 4.67. The molecule has 0 aliphatic heterocycles. The van der Waals surface area contributed by atoms with Crippen LogP contribution in [-0.2, 0) is 9.53 Å². The number of esters is 1. The van der Waals surface area contributed by atoms with Gasteiger partial charge in [-0.25, -0.2) is 4.79 Å². The molecule has 9 heavy (non-hydrogen) atoms. The lowest BCUT2D eigenvalue weighted by Crippen LogP contribution is -2.14. The summed E-state index contributed by atoms with van der Waals surface area (Å²) in [4.78, 5) is 12.7. The number of carbonyl (C=O) groups excluding carboxylic acids is 1. The predicted molar refractivity (Wildman–Crippen MR) is 29.7 cm³/mol. The summed E-state index contributed by atoms with van der Waals surface area (Å²) >= 11 is 0. The molecule has 0 aliphatic rings. The summed E-state index contributed by atoms with van der Waals surface area (Å²) in [6.07, 6.45) is 0.662. The summed E-state index contributed by atoms with van der Waals surface area (Å²) in [6, 6.07) is 0. The minimum atomic E-state index is -0.692. The number of ether oxygens (including phenoxy) is 1. The van der Waals surface area contributed by atoms with Gasteiger partial charge in [0.05, 0.1) is 0 Å². The Balaban J connectivity index is 3.39. The SMILES string of the molecule is [N-]=[N+]=CC(=O)OCCN. The third-order valence-electron chi connectivity index (χ3n) is 0.525. The molecule has 0 unspecified atom stereocenters. The quantitative estimate of drug-likeness (QED) is 0.224. The Morgan fingerprint density at radius 3 is 3.00 bits per heavy atom. The van der Waals surface area contributed by atoms with Gasteiger partial charge in [0, 0.05) is 6.54 Å². The van der Waals surface area contributed by atoms with Gasteiger partial charge in [-0.2, -0.15) is 4.79 Å². The number of nitrogens with zero attached hydrogens (tertiary/aromatic N) is 2. The molecule has 0 bridgehead atoms. The van der Waals surface area contributed by atoms with Crippen molar-refractivity contribution < 1.29 is 14.3 Å². The van der Waals surface area contributed by atoms with E-state index in [0.717, 1.165) is 0 Å². The fourth-order valence-electron chi connectivity index (χ4n) is 0.244. The second-order valence-corrected chi connectivity index (χ2v) is 1.20. The molecule has 2 N–H and O–H groups in total. The first-order valence-electron chi connectivity index (χ1n) is 2.35. The third-order valence-corrected chi connectivity index (χ3v) is 0.525. The lowest BCUT2D eigenvalue weighted by Gasteiger charge is -1.91. The molecule has 0 aromatic rings. The first kappa shape index (κ1) is 7.81. The average Bonchev–Trinajstić information content (AvgIpc) is 1.85. The number of hydrogen-bond donors (Lipinski definition) is 1. The van der Waals surface area contributed by atoms with E-state index in [9.17, 15) is 4.79 Å². The minimum absolute atomic E-state index is 0.144. The molecule has 0 atom stereocenters. The summed E-state index contributed by atoms with van der Waals surface area (Å²) in [7, 11) is 0. The number of nitrogens with two attached hydrogens (primary N) is 1. The maximum absolute atomic E-state index is 10.2. The summed E-state index contributed by atoms with van der Waals surface area (Å²) < 4.78 is 4.36. The van der Waals surface area contributed by atoms with Crippen LogP contribution >= 0.6 is 0 Å². The molecule has 0 amide bonds. The van der Waals surface area contributed by atoms with E-state index < -0.39 is 5.97 Å². The molecule has 0 aromatic carbocycles. The largest absolute Gasteiger partial charge is 0.456 e. The standard InChI is InChI=1S/C4H7N3O2/c5-1-2-9-4(8)3-7-6/h3H,1-2,5H2. The lowest BCUT2D eigenvalue weighted by atomic mass is 10.7. The maximum Gasteiger partial charge on any atom is 0.413 e. The summed E-state index contributed by atoms with van der Waals surface area (Å²) in [6.45, 7) is 0.413. The fraction of sp³-hybridized carbons (Fsp3) is 0.500. The van der Waals surface area contributed by atoms with E-state index in [0.29, 0.717) is 6.21 Å². The summed E-state index contributed by atoms with van der Waals surface area (Å²) in [5, 5.41) is 0. The fourth-order valence-corrected chi connectivity index (χ4v) is 0.244. The second kappa shape index (κ2) is 4.96. The van der Waals surface area contributed by atoms with Crippen molar-refractivity contribution in [1.29, 1.82) is 0 Å². The van der Waals surface area contributed by atoms with Crippen LogP contribution in [0.25, 0.3) is 5.53 Å². The van der Waals surface area contributed by atoms with Gasteiger partial charge >= 0.3 is 12.2 Å². The van der Waals surface area contributed by atoms with Crippen LogP contribution in [0.15, 0.2) is 0 Å². The van der Waals surface area contributed by atoms with Crippen molar-refractivity contribution in [2.24, 2.45) is 5.73 Å². The van der Waals surface area contributed by atoms with Gasteiger partial charge in [0.1, 0.15) is 6.61 Å². The molecule has 50 valence electrons. The van der Waals surface area contributed by atoms with Crippen molar-refractivity contribution in [3.05, 3.63) is 5.53 Å². The van der Waals surface area contributed by atoms with Gasteiger partial charge in [-0.15, -0.1) is 0 Å². The van der Waals surface area contributed by atoms with Crippen LogP contribution in [0.4, 0.5) is 0 Å². The molecule has 0 fully saturated rings. The molecule has 0 saturated carbocycles. The van der Waals surface area contributed by atoms with Crippen LogP contribution in [-0.4, -0.2) is 30.1 Å². The van der Waals surface area contributed by atoms with Crippen molar-refractivity contribution in [1.82, 2.24) is 0 Å². The zero-order valence-corrected chi connectivity index (χ0v) is 4.78. The van der Waals surface area contributed by atoms with Gasteiger partial charge in [-0.05, 0) is 0 Å². The number of hydrogen-bond acceptors (Lipinski definition) is 3. The van der Waals surface area contributed by atoms with Gasteiger partial charge in [-0.3, -0.25) is 0 Å². The van der Waals surface area contributed by atoms with Gasteiger partial charge in [0.25, 0.3) is 0 Å². The maximum atomic E-state index is 10.2. The van der Waals surface area contributed by atoms with Crippen LogP contribution in [0.3, 0.4) is 0 Å². The molecule has 0 spiro atoms. The Kier molecular flexibility index (Phi) is 4.30. The summed E-state index contributed by atoms with van der Waals surface area (Å²) in [5.74, 6) is -0.692. The Labute approximate surface area is 52.0 Å². The Bertz CT molecular complexity index is 139. The molecular weight excluding hydrogens is 122 g/mol. The molecular formula is C4H7N3O2. The highest BCUT2D eigenvalue weighted by Crippen LogP contribution is 1.68. The molecule has 0 aliphatic carbocycles. The first-order chi connectivity index (χ1) is 4.31. The van der Waals surface area contributed by atoms with Gasteiger partial charge < -0.3 is 16.0 Å². The Morgan fingerprint density at radius 1 is 1.89 bits per heavy atom. The summed E-state index contributed by atoms with van der Waals surface area (Å²) in [5.41, 5.74) is 12.8. The van der Waals surface area contributed by atoms with Crippen LogP contribution < -0.4 is 5.73 Å². The van der Waals surface area contributed by atoms with Gasteiger partial charge in [0.15, 0.2) is 0 Å². The van der Waals surface area contributed by atoms with Crippen molar-refractivity contribution in [3.63, 3.8) is 0 Å². The predicted octanol–water partition coefficient (Wildman–Crippen LogP) is -1.21. The zero-order chi connectivity index (χ0) is 7.11. The van der Waals surface area contributed by atoms with E-state index in [2.05, 4.69) is 9.53 Å². The van der Waals surface area contributed by atoms with Crippen LogP contribution in [0, 0.1) is 0 Å². The minimum Gasteiger partial charge on any atom is -0.456 e.